The molecular formula is C16H28N4. The minimum atomic E-state index is 0.502. The molecule has 4 nitrogen and oxygen atoms in total. The van der Waals surface area contributed by atoms with Gasteiger partial charge < -0.3 is 15.1 Å². The van der Waals surface area contributed by atoms with Crippen molar-refractivity contribution in [1.29, 1.82) is 0 Å². The first-order valence-corrected chi connectivity index (χ1v) is 7.66. The first-order chi connectivity index (χ1) is 9.58. The summed E-state index contributed by atoms with van der Waals surface area (Å²) in [5, 5.41) is 3.49. The summed E-state index contributed by atoms with van der Waals surface area (Å²) in [6, 6.07) is 5.44. The molecular weight excluding hydrogens is 248 g/mol. The molecule has 4 heteroatoms. The van der Waals surface area contributed by atoms with Crippen molar-refractivity contribution in [2.75, 3.05) is 32.1 Å². The predicted octanol–water partition coefficient (Wildman–Crippen LogP) is 2.11. The smallest absolute Gasteiger partial charge is 0.133 e. The topological polar surface area (TPSA) is 31.4 Å². The molecule has 1 aliphatic heterocycles. The van der Waals surface area contributed by atoms with Gasteiger partial charge in [0.25, 0.3) is 0 Å². The van der Waals surface area contributed by atoms with Crippen LogP contribution in [0.1, 0.15) is 32.3 Å². The van der Waals surface area contributed by atoms with Gasteiger partial charge in [0.1, 0.15) is 5.82 Å². The summed E-state index contributed by atoms with van der Waals surface area (Å²) in [6.45, 7) is 7.47. The van der Waals surface area contributed by atoms with Gasteiger partial charge in [-0.3, -0.25) is 0 Å². The zero-order valence-corrected chi connectivity index (χ0v) is 13.3. The van der Waals surface area contributed by atoms with Crippen molar-refractivity contribution in [1.82, 2.24) is 15.2 Å². The van der Waals surface area contributed by atoms with E-state index in [1.807, 2.05) is 12.3 Å². The molecule has 1 aliphatic rings. The van der Waals surface area contributed by atoms with Crippen molar-refractivity contribution in [3.63, 3.8) is 0 Å². The summed E-state index contributed by atoms with van der Waals surface area (Å²) in [6.07, 6.45) is 4.35. The van der Waals surface area contributed by atoms with E-state index in [4.69, 9.17) is 0 Å². The molecule has 1 saturated heterocycles. The average Bonchev–Trinajstić information content (AvgIpc) is 2.45. The molecule has 0 aliphatic carbocycles. The van der Waals surface area contributed by atoms with E-state index in [0.29, 0.717) is 12.1 Å². The summed E-state index contributed by atoms with van der Waals surface area (Å²) in [4.78, 5) is 9.41. The number of pyridine rings is 1. The number of piperidine rings is 1. The Hall–Kier alpha value is -1.13. The largest absolute Gasteiger partial charge is 0.356 e. The third kappa shape index (κ3) is 3.93. The normalized spacial score (nSPS) is 17.2. The van der Waals surface area contributed by atoms with Gasteiger partial charge in [0.2, 0.25) is 0 Å². The highest BCUT2D eigenvalue weighted by Gasteiger charge is 2.22. The van der Waals surface area contributed by atoms with Crippen LogP contribution in [0.15, 0.2) is 18.3 Å². The minimum Gasteiger partial charge on any atom is -0.356 e. The number of anilines is 1. The second-order valence-electron chi connectivity index (χ2n) is 6.20. The Kier molecular flexibility index (Phi) is 5.38. The molecule has 20 heavy (non-hydrogen) atoms. The fourth-order valence-corrected chi connectivity index (χ4v) is 2.76. The number of hydrogen-bond donors (Lipinski definition) is 1. The highest BCUT2D eigenvalue weighted by Crippen LogP contribution is 2.23. The average molecular weight is 276 g/mol. The van der Waals surface area contributed by atoms with Crippen LogP contribution in [-0.2, 0) is 6.54 Å². The fourth-order valence-electron chi connectivity index (χ4n) is 2.76. The van der Waals surface area contributed by atoms with Gasteiger partial charge >= 0.3 is 0 Å². The molecule has 2 rings (SSSR count). The van der Waals surface area contributed by atoms with Gasteiger partial charge in [0.15, 0.2) is 0 Å². The molecule has 0 spiro atoms. The quantitative estimate of drug-likeness (QED) is 0.892. The molecule has 112 valence electrons. The van der Waals surface area contributed by atoms with Crippen molar-refractivity contribution in [3.05, 3.63) is 23.9 Å². The lowest BCUT2D eigenvalue weighted by molar-refractivity contribution is 0.249. The summed E-state index contributed by atoms with van der Waals surface area (Å²) in [7, 11) is 4.36. The van der Waals surface area contributed by atoms with Crippen molar-refractivity contribution in [2.45, 2.75) is 45.3 Å². The molecule has 0 atom stereocenters. The van der Waals surface area contributed by atoms with E-state index in [-0.39, 0.29) is 0 Å². The van der Waals surface area contributed by atoms with Gasteiger partial charge in [0, 0.05) is 43.5 Å². The second-order valence-corrected chi connectivity index (χ2v) is 6.20. The van der Waals surface area contributed by atoms with Crippen LogP contribution in [0.5, 0.6) is 0 Å². The summed E-state index contributed by atoms with van der Waals surface area (Å²) < 4.78 is 0. The van der Waals surface area contributed by atoms with Gasteiger partial charge in [-0.25, -0.2) is 4.98 Å². The highest BCUT2D eigenvalue weighted by molar-refractivity contribution is 5.47. The van der Waals surface area contributed by atoms with Gasteiger partial charge in [-0.05, 0) is 33.0 Å². The summed E-state index contributed by atoms with van der Waals surface area (Å²) in [5.74, 6) is 1.16. The van der Waals surface area contributed by atoms with Gasteiger partial charge in [-0.1, -0.05) is 19.9 Å². The van der Waals surface area contributed by atoms with Crippen molar-refractivity contribution < 1.29 is 0 Å². The predicted molar refractivity (Wildman–Crippen MR) is 85.1 cm³/mol. The zero-order valence-electron chi connectivity index (χ0n) is 13.3. The van der Waals surface area contributed by atoms with E-state index >= 15 is 0 Å². The first kappa shape index (κ1) is 15.3. The maximum Gasteiger partial charge on any atom is 0.133 e. The number of aromatic nitrogens is 1. The molecule has 0 amide bonds. The Morgan fingerprint density at radius 3 is 2.65 bits per heavy atom. The highest BCUT2D eigenvalue weighted by atomic mass is 15.2. The van der Waals surface area contributed by atoms with Crippen molar-refractivity contribution >= 4 is 5.82 Å². The molecule has 1 N–H and O–H groups in total. The Balaban J connectivity index is 2.02. The van der Waals surface area contributed by atoms with Crippen molar-refractivity contribution in [2.24, 2.45) is 0 Å². The zero-order chi connectivity index (χ0) is 14.5. The molecule has 0 saturated carbocycles. The number of rotatable bonds is 5. The minimum absolute atomic E-state index is 0.502. The summed E-state index contributed by atoms with van der Waals surface area (Å²) >= 11 is 0. The molecule has 0 radical (unpaired) electrons. The van der Waals surface area contributed by atoms with Crippen LogP contribution < -0.4 is 10.2 Å². The van der Waals surface area contributed by atoms with E-state index in [0.717, 1.165) is 25.5 Å². The van der Waals surface area contributed by atoms with Gasteiger partial charge in [0.05, 0.1) is 0 Å². The first-order valence-electron chi connectivity index (χ1n) is 7.66. The lowest BCUT2D eigenvalue weighted by atomic mass is 10.0. The van der Waals surface area contributed by atoms with Crippen LogP contribution in [0.2, 0.25) is 0 Å². The molecule has 1 aromatic rings. The van der Waals surface area contributed by atoms with Gasteiger partial charge in [-0.2, -0.15) is 0 Å². The molecule has 1 aromatic heterocycles. The Labute approximate surface area is 123 Å². The maximum absolute atomic E-state index is 4.62. The van der Waals surface area contributed by atoms with Gasteiger partial charge in [-0.15, -0.1) is 0 Å². The molecule has 0 bridgehead atoms. The monoisotopic (exact) mass is 276 g/mol. The van der Waals surface area contributed by atoms with E-state index < -0.39 is 0 Å². The standard InChI is InChI=1S/C16H28N4/c1-13(2)18-12-14-6-5-9-17-16(14)20-10-7-15(8-11-20)19(3)4/h5-6,9,13,15,18H,7-8,10-12H2,1-4H3. The molecule has 0 aromatic carbocycles. The number of hydrogen-bond acceptors (Lipinski definition) is 4. The number of nitrogens with zero attached hydrogens (tertiary/aromatic N) is 3. The van der Waals surface area contributed by atoms with E-state index in [1.54, 1.807) is 0 Å². The van der Waals surface area contributed by atoms with E-state index in [2.05, 4.69) is 54.1 Å². The van der Waals surface area contributed by atoms with Crippen LogP contribution >= 0.6 is 0 Å². The van der Waals surface area contributed by atoms with E-state index in [9.17, 15) is 0 Å². The SMILES string of the molecule is CC(C)NCc1cccnc1N1CCC(N(C)C)CC1. The molecule has 0 unspecified atom stereocenters. The number of nitrogens with one attached hydrogen (secondary N) is 1. The molecule has 1 fully saturated rings. The van der Waals surface area contributed by atoms with Crippen LogP contribution in [0.25, 0.3) is 0 Å². The maximum atomic E-state index is 4.62. The van der Waals surface area contributed by atoms with Crippen LogP contribution in [0.4, 0.5) is 5.82 Å². The third-order valence-electron chi connectivity index (χ3n) is 4.06. The second kappa shape index (κ2) is 7.04. The fraction of sp³-hybridized carbons (Fsp3) is 0.688. The van der Waals surface area contributed by atoms with E-state index in [1.165, 1.54) is 18.4 Å². The Morgan fingerprint density at radius 2 is 2.05 bits per heavy atom. The van der Waals surface area contributed by atoms with Crippen LogP contribution in [-0.4, -0.2) is 49.2 Å². The lowest BCUT2D eigenvalue weighted by Gasteiger charge is -2.36. The molecule has 2 heterocycles. The van der Waals surface area contributed by atoms with Crippen LogP contribution in [0, 0.1) is 0 Å². The Morgan fingerprint density at radius 1 is 1.35 bits per heavy atom. The third-order valence-corrected chi connectivity index (χ3v) is 4.06. The Bertz CT molecular complexity index is 409. The van der Waals surface area contributed by atoms with Crippen molar-refractivity contribution in [3.8, 4) is 0 Å². The lowest BCUT2D eigenvalue weighted by Crippen LogP contribution is -2.42. The summed E-state index contributed by atoms with van der Waals surface area (Å²) in [5.41, 5.74) is 1.31. The van der Waals surface area contributed by atoms with Crippen LogP contribution in [0.3, 0.4) is 0 Å².